The smallest absolute Gasteiger partial charge is 0.408 e. The minimum Gasteiger partial charge on any atom is -0.444 e. The minimum atomic E-state index is -0.671. The molecule has 0 aliphatic rings. The number of carbonyl (C=O) groups excluding carboxylic acids is 2. The first-order valence-corrected chi connectivity index (χ1v) is 5.40. The summed E-state index contributed by atoms with van der Waals surface area (Å²) in [6, 6.07) is -0.671. The highest BCUT2D eigenvalue weighted by atomic mass is 16.6. The first-order chi connectivity index (χ1) is 7.11. The fraction of sp³-hybridized carbons (Fsp3) is 0.818. The van der Waals surface area contributed by atoms with E-state index in [0.717, 1.165) is 0 Å². The summed E-state index contributed by atoms with van der Waals surface area (Å²) in [5.41, 5.74) is 4.61. The first kappa shape index (κ1) is 14.7. The van der Waals surface area contributed by atoms with E-state index in [2.05, 4.69) is 5.32 Å². The number of alkyl carbamates (subject to hydrolysis) is 1. The summed E-state index contributed by atoms with van der Waals surface area (Å²) in [6.45, 7) is 9.18. The third kappa shape index (κ3) is 7.09. The Balaban J connectivity index is 4.30. The van der Waals surface area contributed by atoms with E-state index in [9.17, 15) is 9.59 Å². The molecule has 94 valence electrons. The topological polar surface area (TPSA) is 81.4 Å². The van der Waals surface area contributed by atoms with Gasteiger partial charge in [-0.15, -0.1) is 0 Å². The van der Waals surface area contributed by atoms with E-state index in [1.54, 1.807) is 20.8 Å². The van der Waals surface area contributed by atoms with Gasteiger partial charge in [-0.05, 0) is 33.1 Å². The average Bonchev–Trinajstić information content (AvgIpc) is 1.97. The molecule has 0 heterocycles. The Morgan fingerprint density at radius 1 is 1.31 bits per heavy atom. The van der Waals surface area contributed by atoms with Gasteiger partial charge in [-0.2, -0.15) is 0 Å². The van der Waals surface area contributed by atoms with Gasteiger partial charge in [0.2, 0.25) is 5.91 Å². The van der Waals surface area contributed by atoms with Crippen molar-refractivity contribution in [3.05, 3.63) is 0 Å². The van der Waals surface area contributed by atoms with E-state index in [4.69, 9.17) is 10.5 Å². The van der Waals surface area contributed by atoms with Gasteiger partial charge in [0.25, 0.3) is 0 Å². The van der Waals surface area contributed by atoms with E-state index < -0.39 is 23.6 Å². The lowest BCUT2D eigenvalue weighted by Gasteiger charge is -2.23. The molecule has 0 saturated heterocycles. The number of ether oxygens (including phenoxy) is 1. The minimum absolute atomic E-state index is 0.271. The van der Waals surface area contributed by atoms with Gasteiger partial charge in [-0.1, -0.05) is 13.8 Å². The van der Waals surface area contributed by atoms with Crippen LogP contribution >= 0.6 is 0 Å². The van der Waals surface area contributed by atoms with Crippen LogP contribution in [0.4, 0.5) is 4.79 Å². The number of carbonyl (C=O) groups is 2. The van der Waals surface area contributed by atoms with Gasteiger partial charge in [0.15, 0.2) is 0 Å². The highest BCUT2D eigenvalue weighted by molar-refractivity contribution is 5.84. The molecular formula is C11H22N2O3. The van der Waals surface area contributed by atoms with Crippen LogP contribution in [0.1, 0.15) is 41.0 Å². The number of hydrogen-bond acceptors (Lipinski definition) is 3. The van der Waals surface area contributed by atoms with Crippen LogP contribution in [-0.2, 0) is 9.53 Å². The molecule has 0 aromatic carbocycles. The molecule has 0 unspecified atom stereocenters. The fourth-order valence-corrected chi connectivity index (χ4v) is 1.17. The number of nitrogens with one attached hydrogen (secondary N) is 1. The number of amides is 2. The van der Waals surface area contributed by atoms with E-state index in [1.807, 2.05) is 13.8 Å². The van der Waals surface area contributed by atoms with Crippen molar-refractivity contribution < 1.29 is 14.3 Å². The number of hydrogen-bond donors (Lipinski definition) is 2. The summed E-state index contributed by atoms with van der Waals surface area (Å²) in [5.74, 6) is -0.271. The largest absolute Gasteiger partial charge is 0.444 e. The second-order valence-corrected chi connectivity index (χ2v) is 5.23. The van der Waals surface area contributed by atoms with Gasteiger partial charge in [-0.3, -0.25) is 4.79 Å². The van der Waals surface area contributed by atoms with Gasteiger partial charge in [0, 0.05) is 0 Å². The van der Waals surface area contributed by atoms with Crippen LogP contribution in [0.3, 0.4) is 0 Å². The highest BCUT2D eigenvalue weighted by Gasteiger charge is 2.23. The Labute approximate surface area is 96.7 Å². The van der Waals surface area contributed by atoms with Crippen LogP contribution in [0.15, 0.2) is 0 Å². The highest BCUT2D eigenvalue weighted by Crippen LogP contribution is 2.09. The van der Waals surface area contributed by atoms with Gasteiger partial charge in [-0.25, -0.2) is 4.79 Å². The Bertz CT molecular complexity index is 256. The van der Waals surface area contributed by atoms with E-state index >= 15 is 0 Å². The van der Waals surface area contributed by atoms with Crippen molar-refractivity contribution in [2.75, 3.05) is 0 Å². The van der Waals surface area contributed by atoms with Crippen molar-refractivity contribution >= 4 is 12.0 Å². The molecule has 0 bridgehead atoms. The molecule has 2 amide bonds. The van der Waals surface area contributed by atoms with Crippen LogP contribution in [0.25, 0.3) is 0 Å². The van der Waals surface area contributed by atoms with Gasteiger partial charge >= 0.3 is 6.09 Å². The van der Waals surface area contributed by atoms with E-state index in [1.165, 1.54) is 0 Å². The maximum atomic E-state index is 11.4. The lowest BCUT2D eigenvalue weighted by Crippen LogP contribution is -2.46. The van der Waals surface area contributed by atoms with Crippen LogP contribution < -0.4 is 11.1 Å². The standard InChI is InChI=1S/C11H22N2O3/c1-7(2)6-8(9(12)14)13-10(15)16-11(3,4)5/h7-8H,6H2,1-5H3,(H2,12,14)(H,13,15)/t8-/m0/s1. The molecule has 0 aliphatic carbocycles. The monoisotopic (exact) mass is 230 g/mol. The molecule has 0 rings (SSSR count). The van der Waals surface area contributed by atoms with Gasteiger partial charge in [0.1, 0.15) is 11.6 Å². The van der Waals surface area contributed by atoms with Crippen molar-refractivity contribution in [1.82, 2.24) is 5.32 Å². The molecule has 5 nitrogen and oxygen atoms in total. The molecule has 16 heavy (non-hydrogen) atoms. The van der Waals surface area contributed by atoms with Crippen molar-refractivity contribution in [3.63, 3.8) is 0 Å². The van der Waals surface area contributed by atoms with Crippen molar-refractivity contribution in [2.45, 2.75) is 52.7 Å². The lowest BCUT2D eigenvalue weighted by molar-refractivity contribution is -0.120. The molecule has 0 fully saturated rings. The van der Waals surface area contributed by atoms with E-state index in [0.29, 0.717) is 6.42 Å². The Morgan fingerprint density at radius 2 is 1.81 bits per heavy atom. The summed E-state index contributed by atoms with van der Waals surface area (Å²) in [4.78, 5) is 22.5. The van der Waals surface area contributed by atoms with Crippen molar-refractivity contribution in [3.8, 4) is 0 Å². The number of rotatable bonds is 4. The summed E-state index contributed by atoms with van der Waals surface area (Å²) in [5, 5.41) is 2.47. The summed E-state index contributed by atoms with van der Waals surface area (Å²) in [7, 11) is 0. The van der Waals surface area contributed by atoms with Crippen LogP contribution in [-0.4, -0.2) is 23.6 Å². The van der Waals surface area contributed by atoms with Gasteiger partial charge in [0.05, 0.1) is 0 Å². The molecule has 0 aromatic rings. The first-order valence-electron chi connectivity index (χ1n) is 5.40. The Morgan fingerprint density at radius 3 is 2.12 bits per heavy atom. The Kier molecular flexibility index (Phi) is 5.27. The van der Waals surface area contributed by atoms with E-state index in [-0.39, 0.29) is 5.92 Å². The zero-order valence-corrected chi connectivity index (χ0v) is 10.7. The molecule has 3 N–H and O–H groups in total. The molecule has 0 radical (unpaired) electrons. The zero-order chi connectivity index (χ0) is 12.9. The number of nitrogens with two attached hydrogens (primary N) is 1. The third-order valence-electron chi connectivity index (χ3n) is 1.74. The van der Waals surface area contributed by atoms with Crippen molar-refractivity contribution in [2.24, 2.45) is 11.7 Å². The molecule has 5 heteroatoms. The van der Waals surface area contributed by atoms with Crippen LogP contribution in [0, 0.1) is 5.92 Å². The Hall–Kier alpha value is -1.26. The molecule has 0 aliphatic heterocycles. The molecule has 1 atom stereocenters. The summed E-state index contributed by atoms with van der Waals surface area (Å²) >= 11 is 0. The normalized spacial score (nSPS) is 13.4. The fourth-order valence-electron chi connectivity index (χ4n) is 1.17. The van der Waals surface area contributed by atoms with Crippen molar-refractivity contribution in [1.29, 1.82) is 0 Å². The molecule has 0 spiro atoms. The maximum Gasteiger partial charge on any atom is 0.408 e. The van der Waals surface area contributed by atoms with Crippen LogP contribution in [0.5, 0.6) is 0 Å². The zero-order valence-electron chi connectivity index (χ0n) is 10.7. The third-order valence-corrected chi connectivity index (χ3v) is 1.74. The average molecular weight is 230 g/mol. The SMILES string of the molecule is CC(C)C[C@H](NC(=O)OC(C)(C)C)C(N)=O. The second-order valence-electron chi connectivity index (χ2n) is 5.23. The van der Waals surface area contributed by atoms with Gasteiger partial charge < -0.3 is 15.8 Å². The molecular weight excluding hydrogens is 208 g/mol. The number of primary amides is 1. The second kappa shape index (κ2) is 5.72. The molecule has 0 saturated carbocycles. The quantitative estimate of drug-likeness (QED) is 0.766. The summed E-state index contributed by atoms with van der Waals surface area (Å²) in [6.07, 6.45) is -0.105. The van der Waals surface area contributed by atoms with Crippen LogP contribution in [0.2, 0.25) is 0 Å². The lowest BCUT2D eigenvalue weighted by atomic mass is 10.0. The summed E-state index contributed by atoms with van der Waals surface area (Å²) < 4.78 is 5.04. The predicted octanol–water partition coefficient (Wildman–Crippen LogP) is 1.41. The molecule has 0 aromatic heterocycles. The predicted molar refractivity (Wildman–Crippen MR) is 61.8 cm³/mol. The maximum absolute atomic E-state index is 11.4.